The van der Waals surface area contributed by atoms with Crippen molar-refractivity contribution in [3.05, 3.63) is 29.8 Å². The van der Waals surface area contributed by atoms with Crippen LogP contribution < -0.4 is 10.5 Å². The molecule has 0 amide bonds. The summed E-state index contributed by atoms with van der Waals surface area (Å²) in [6.07, 6.45) is 3.70. The summed E-state index contributed by atoms with van der Waals surface area (Å²) in [5.74, 6) is 0.927. The van der Waals surface area contributed by atoms with Gasteiger partial charge in [-0.1, -0.05) is 5.16 Å². The highest BCUT2D eigenvalue weighted by Crippen LogP contribution is 2.13. The average Bonchev–Trinajstić information content (AvgIpc) is 2.96. The molecule has 3 N–H and O–H groups in total. The van der Waals surface area contributed by atoms with Gasteiger partial charge in [0.05, 0.1) is 6.61 Å². The van der Waals surface area contributed by atoms with E-state index in [0.717, 1.165) is 25.3 Å². The smallest absolute Gasteiger partial charge is 0.170 e. The highest BCUT2D eigenvalue weighted by atomic mass is 16.5. The summed E-state index contributed by atoms with van der Waals surface area (Å²) in [6.45, 7) is 4.30. The lowest BCUT2D eigenvalue weighted by atomic mass is 10.2. The quantitative estimate of drug-likeness (QED) is 0.269. The summed E-state index contributed by atoms with van der Waals surface area (Å²) in [5.41, 5.74) is 6.18. The van der Waals surface area contributed by atoms with Gasteiger partial charge in [-0.15, -0.1) is 0 Å². The van der Waals surface area contributed by atoms with Crippen molar-refractivity contribution in [3.8, 4) is 5.75 Å². The van der Waals surface area contributed by atoms with Gasteiger partial charge in [0, 0.05) is 12.1 Å². The first-order valence-corrected chi connectivity index (χ1v) is 6.73. The van der Waals surface area contributed by atoms with Crippen molar-refractivity contribution in [3.63, 3.8) is 0 Å². The second kappa shape index (κ2) is 6.99. The fourth-order valence-corrected chi connectivity index (χ4v) is 2.26. The van der Waals surface area contributed by atoms with E-state index in [9.17, 15) is 0 Å². The molecule has 0 spiro atoms. The molecule has 5 nitrogen and oxygen atoms in total. The molecule has 1 aromatic rings. The predicted octanol–water partition coefficient (Wildman–Crippen LogP) is 1.65. The molecule has 0 unspecified atom stereocenters. The van der Waals surface area contributed by atoms with Crippen LogP contribution in [0.25, 0.3) is 0 Å². The number of hydrogen-bond acceptors (Lipinski definition) is 4. The summed E-state index contributed by atoms with van der Waals surface area (Å²) in [7, 11) is 0. The van der Waals surface area contributed by atoms with Gasteiger partial charge >= 0.3 is 0 Å². The molecular formula is C14H21N3O2. The maximum Gasteiger partial charge on any atom is 0.170 e. The molecule has 0 aliphatic carbocycles. The molecule has 0 bridgehead atoms. The van der Waals surface area contributed by atoms with Crippen LogP contribution in [-0.2, 0) is 0 Å². The van der Waals surface area contributed by atoms with Crippen LogP contribution in [0, 0.1) is 0 Å². The van der Waals surface area contributed by atoms with E-state index in [-0.39, 0.29) is 5.84 Å². The van der Waals surface area contributed by atoms with E-state index in [1.165, 1.54) is 25.9 Å². The molecule has 1 aromatic carbocycles. The molecule has 1 heterocycles. The second-order valence-electron chi connectivity index (χ2n) is 4.76. The zero-order valence-electron chi connectivity index (χ0n) is 11.1. The van der Waals surface area contributed by atoms with Gasteiger partial charge in [0.25, 0.3) is 0 Å². The molecule has 1 fully saturated rings. The molecular weight excluding hydrogens is 242 g/mol. The van der Waals surface area contributed by atoms with Crippen molar-refractivity contribution in [1.29, 1.82) is 0 Å². The maximum absolute atomic E-state index is 8.56. The number of hydrogen-bond donors (Lipinski definition) is 2. The number of ether oxygens (including phenoxy) is 1. The molecule has 0 radical (unpaired) electrons. The van der Waals surface area contributed by atoms with E-state index in [0.29, 0.717) is 5.56 Å². The fraction of sp³-hybridized carbons (Fsp3) is 0.500. The van der Waals surface area contributed by atoms with E-state index >= 15 is 0 Å². The number of amidine groups is 1. The van der Waals surface area contributed by atoms with Gasteiger partial charge in [0.2, 0.25) is 0 Å². The monoisotopic (exact) mass is 263 g/mol. The van der Waals surface area contributed by atoms with Crippen molar-refractivity contribution < 1.29 is 9.94 Å². The van der Waals surface area contributed by atoms with Gasteiger partial charge in [-0.05, 0) is 56.6 Å². The summed E-state index contributed by atoms with van der Waals surface area (Å²) in [5, 5.41) is 11.5. The second-order valence-corrected chi connectivity index (χ2v) is 4.76. The minimum atomic E-state index is 0.112. The Labute approximate surface area is 113 Å². The first-order chi connectivity index (χ1) is 9.29. The Morgan fingerprint density at radius 1 is 1.26 bits per heavy atom. The molecule has 0 aromatic heterocycles. The Balaban J connectivity index is 1.70. The lowest BCUT2D eigenvalue weighted by molar-refractivity contribution is 0.263. The average molecular weight is 263 g/mol. The summed E-state index contributed by atoms with van der Waals surface area (Å²) in [6, 6.07) is 7.24. The Kier molecular flexibility index (Phi) is 5.03. The van der Waals surface area contributed by atoms with Crippen LogP contribution in [0.1, 0.15) is 24.8 Å². The van der Waals surface area contributed by atoms with Gasteiger partial charge in [-0.3, -0.25) is 0 Å². The van der Waals surface area contributed by atoms with Crippen LogP contribution in [0.4, 0.5) is 0 Å². The highest BCUT2D eigenvalue weighted by molar-refractivity contribution is 5.97. The lowest BCUT2D eigenvalue weighted by Gasteiger charge is -2.14. The number of nitrogens with two attached hydrogens (primary N) is 1. The molecule has 104 valence electrons. The van der Waals surface area contributed by atoms with E-state index in [1.54, 1.807) is 12.1 Å². The SMILES string of the molecule is N/C(=N/O)c1ccc(OCCCN2CCCC2)cc1. The summed E-state index contributed by atoms with van der Waals surface area (Å²) >= 11 is 0. The third-order valence-electron chi connectivity index (χ3n) is 3.34. The molecule has 5 heteroatoms. The van der Waals surface area contributed by atoms with Crippen molar-refractivity contribution in [1.82, 2.24) is 4.90 Å². The number of nitrogens with zero attached hydrogens (tertiary/aromatic N) is 2. The molecule has 1 aliphatic rings. The topological polar surface area (TPSA) is 71.1 Å². The predicted molar refractivity (Wildman–Crippen MR) is 74.7 cm³/mol. The third-order valence-corrected chi connectivity index (χ3v) is 3.34. The summed E-state index contributed by atoms with van der Waals surface area (Å²) in [4.78, 5) is 2.48. The van der Waals surface area contributed by atoms with E-state index < -0.39 is 0 Å². The first-order valence-electron chi connectivity index (χ1n) is 6.73. The van der Waals surface area contributed by atoms with Crippen molar-refractivity contribution >= 4 is 5.84 Å². The van der Waals surface area contributed by atoms with Gasteiger partial charge in [-0.2, -0.15) is 0 Å². The van der Waals surface area contributed by atoms with Crippen LogP contribution in [0.15, 0.2) is 29.4 Å². The molecule has 2 rings (SSSR count). The van der Waals surface area contributed by atoms with Crippen LogP contribution in [0.2, 0.25) is 0 Å². The zero-order valence-corrected chi connectivity index (χ0v) is 11.1. The van der Waals surface area contributed by atoms with Crippen molar-refractivity contribution in [2.45, 2.75) is 19.3 Å². The largest absolute Gasteiger partial charge is 0.494 e. The molecule has 19 heavy (non-hydrogen) atoms. The number of oxime groups is 1. The molecule has 1 aliphatic heterocycles. The summed E-state index contributed by atoms with van der Waals surface area (Å²) < 4.78 is 5.66. The van der Waals surface area contributed by atoms with E-state index in [2.05, 4.69) is 10.1 Å². The van der Waals surface area contributed by atoms with Crippen LogP contribution in [0.3, 0.4) is 0 Å². The standard InChI is InChI=1S/C14H21N3O2/c15-14(16-18)12-4-6-13(7-5-12)19-11-3-10-17-8-1-2-9-17/h4-7,18H,1-3,8-11H2,(H2,15,16). The number of benzene rings is 1. The molecule has 0 saturated carbocycles. The van der Waals surface area contributed by atoms with Gasteiger partial charge in [0.1, 0.15) is 5.75 Å². The number of rotatable bonds is 6. The van der Waals surface area contributed by atoms with Crippen LogP contribution >= 0.6 is 0 Å². The first kappa shape index (κ1) is 13.7. The van der Waals surface area contributed by atoms with Crippen molar-refractivity contribution in [2.24, 2.45) is 10.9 Å². The minimum absolute atomic E-state index is 0.112. The maximum atomic E-state index is 8.56. The van der Waals surface area contributed by atoms with Gasteiger partial charge in [0.15, 0.2) is 5.84 Å². The lowest BCUT2D eigenvalue weighted by Crippen LogP contribution is -2.21. The third kappa shape index (κ3) is 4.13. The normalized spacial score (nSPS) is 16.7. The van der Waals surface area contributed by atoms with E-state index in [4.69, 9.17) is 15.7 Å². The molecule has 0 atom stereocenters. The molecule has 1 saturated heterocycles. The Morgan fingerprint density at radius 3 is 2.58 bits per heavy atom. The van der Waals surface area contributed by atoms with Gasteiger partial charge in [-0.25, -0.2) is 0 Å². The fourth-order valence-electron chi connectivity index (χ4n) is 2.26. The minimum Gasteiger partial charge on any atom is -0.494 e. The zero-order chi connectivity index (χ0) is 13.5. The van der Waals surface area contributed by atoms with Crippen LogP contribution in [-0.4, -0.2) is 42.2 Å². The van der Waals surface area contributed by atoms with E-state index in [1.807, 2.05) is 12.1 Å². The number of likely N-dealkylation sites (tertiary alicyclic amines) is 1. The Morgan fingerprint density at radius 2 is 1.95 bits per heavy atom. The van der Waals surface area contributed by atoms with Crippen LogP contribution in [0.5, 0.6) is 5.75 Å². The van der Waals surface area contributed by atoms with Crippen molar-refractivity contribution in [2.75, 3.05) is 26.2 Å². The Hall–Kier alpha value is -1.75. The highest BCUT2D eigenvalue weighted by Gasteiger charge is 2.10. The van der Waals surface area contributed by atoms with Gasteiger partial charge < -0.3 is 20.6 Å². The Bertz CT molecular complexity index is 411.